The van der Waals surface area contributed by atoms with Gasteiger partial charge in [0.2, 0.25) is 5.91 Å². The molecule has 1 N–H and O–H groups in total. The maximum atomic E-state index is 12.8. The molecule has 0 aromatic heterocycles. The van der Waals surface area contributed by atoms with Gasteiger partial charge < -0.3 is 5.32 Å². The molecule has 4 aliphatic carbocycles. The van der Waals surface area contributed by atoms with Crippen LogP contribution in [0.3, 0.4) is 0 Å². The summed E-state index contributed by atoms with van der Waals surface area (Å²) in [6.07, 6.45) is 7.01. The van der Waals surface area contributed by atoms with E-state index >= 15 is 0 Å². The molecule has 0 spiro atoms. The summed E-state index contributed by atoms with van der Waals surface area (Å²) in [6, 6.07) is -0.282. The van der Waals surface area contributed by atoms with Crippen LogP contribution < -0.4 is 5.32 Å². The molecule has 4 fully saturated rings. The van der Waals surface area contributed by atoms with E-state index in [0.29, 0.717) is 0 Å². The van der Waals surface area contributed by atoms with Gasteiger partial charge in [0.1, 0.15) is 0 Å². The van der Waals surface area contributed by atoms with Gasteiger partial charge in [-0.05, 0) is 63.2 Å². The highest BCUT2D eigenvalue weighted by molar-refractivity contribution is 7.91. The monoisotopic (exact) mass is 313 g/mol. The number of sulfone groups is 1. The molecule has 0 aromatic rings. The third kappa shape index (κ3) is 2.99. The minimum atomic E-state index is -3.04. The Bertz CT molecular complexity index is 490. The van der Waals surface area contributed by atoms with E-state index in [0.717, 1.165) is 37.0 Å². The Kier molecular flexibility index (Phi) is 3.83. The predicted molar refractivity (Wildman–Crippen MR) is 82.5 cm³/mol. The summed E-state index contributed by atoms with van der Waals surface area (Å²) in [7, 11) is -3.04. The first-order chi connectivity index (χ1) is 9.82. The van der Waals surface area contributed by atoms with Crippen LogP contribution in [-0.4, -0.2) is 31.9 Å². The van der Waals surface area contributed by atoms with E-state index in [2.05, 4.69) is 5.32 Å². The topological polar surface area (TPSA) is 63.2 Å². The lowest BCUT2D eigenvalue weighted by Crippen LogP contribution is -2.55. The molecule has 1 atom stereocenters. The van der Waals surface area contributed by atoms with E-state index in [4.69, 9.17) is 0 Å². The van der Waals surface area contributed by atoms with Gasteiger partial charge >= 0.3 is 0 Å². The Balaban J connectivity index is 1.65. The van der Waals surface area contributed by atoms with Gasteiger partial charge in [-0.25, -0.2) is 8.42 Å². The van der Waals surface area contributed by atoms with E-state index in [1.807, 2.05) is 6.92 Å². The van der Waals surface area contributed by atoms with E-state index < -0.39 is 9.84 Å². The molecule has 4 bridgehead atoms. The maximum Gasteiger partial charge on any atom is 0.226 e. The van der Waals surface area contributed by atoms with Crippen molar-refractivity contribution >= 4 is 15.7 Å². The zero-order chi connectivity index (χ0) is 15.3. The molecule has 0 radical (unpaired) electrons. The molecule has 5 heteroatoms. The van der Waals surface area contributed by atoms with Gasteiger partial charge in [-0.1, -0.05) is 6.92 Å². The Labute approximate surface area is 128 Å². The zero-order valence-corrected chi connectivity index (χ0v) is 13.9. The van der Waals surface area contributed by atoms with Gasteiger partial charge in [-0.2, -0.15) is 0 Å². The molecule has 0 heterocycles. The lowest BCUT2D eigenvalue weighted by molar-refractivity contribution is -0.146. The number of amides is 1. The molecule has 4 rings (SSSR count). The fraction of sp³-hybridized carbons (Fsp3) is 0.938. The van der Waals surface area contributed by atoms with E-state index in [-0.39, 0.29) is 28.9 Å². The lowest BCUT2D eigenvalue weighted by Gasteiger charge is -2.55. The van der Waals surface area contributed by atoms with Crippen LogP contribution in [0.25, 0.3) is 0 Å². The van der Waals surface area contributed by atoms with Crippen molar-refractivity contribution in [1.29, 1.82) is 0 Å². The average Bonchev–Trinajstić information content (AvgIpc) is 2.36. The van der Waals surface area contributed by atoms with Gasteiger partial charge in [0.05, 0.1) is 5.75 Å². The predicted octanol–water partition coefficient (Wildman–Crippen LogP) is 2.14. The number of nitrogens with one attached hydrogen (secondary N) is 1. The van der Waals surface area contributed by atoms with Crippen LogP contribution >= 0.6 is 0 Å². The summed E-state index contributed by atoms with van der Waals surface area (Å²) >= 11 is 0. The first kappa shape index (κ1) is 15.3. The fourth-order valence-electron chi connectivity index (χ4n) is 5.31. The molecular weight excluding hydrogens is 286 g/mol. The molecule has 0 aliphatic heterocycles. The molecule has 0 saturated heterocycles. The summed E-state index contributed by atoms with van der Waals surface area (Å²) < 4.78 is 23.4. The van der Waals surface area contributed by atoms with Gasteiger partial charge in [0.15, 0.2) is 9.84 Å². The smallest absolute Gasteiger partial charge is 0.226 e. The summed E-state index contributed by atoms with van der Waals surface area (Å²) in [5.74, 6) is 2.53. The molecular formula is C16H27NO3S. The van der Waals surface area contributed by atoms with Crippen LogP contribution in [0, 0.1) is 23.2 Å². The Morgan fingerprint density at radius 1 is 1.14 bits per heavy atom. The molecule has 4 nitrogen and oxygen atoms in total. The van der Waals surface area contributed by atoms with Crippen LogP contribution in [0.2, 0.25) is 0 Å². The molecule has 4 aliphatic rings. The molecule has 0 aromatic carbocycles. The highest BCUT2D eigenvalue weighted by atomic mass is 32.2. The van der Waals surface area contributed by atoms with Gasteiger partial charge in [0.25, 0.3) is 0 Å². The standard InChI is InChI=1S/C16H27NO3S/c1-3-21(19,20)10-11(2)17-15(18)16-7-12-4-13(8-16)6-14(5-12)9-16/h11-14H,3-10H2,1-2H3,(H,17,18). The number of carbonyl (C=O) groups is 1. The van der Waals surface area contributed by atoms with Crippen molar-refractivity contribution in [3.63, 3.8) is 0 Å². The molecule has 1 unspecified atom stereocenters. The van der Waals surface area contributed by atoms with Gasteiger partial charge in [-0.3, -0.25) is 4.79 Å². The Morgan fingerprint density at radius 2 is 1.62 bits per heavy atom. The summed E-state index contributed by atoms with van der Waals surface area (Å²) in [6.45, 7) is 3.47. The van der Waals surface area contributed by atoms with Crippen molar-refractivity contribution in [3.05, 3.63) is 0 Å². The lowest BCUT2D eigenvalue weighted by atomic mass is 9.49. The number of rotatable bonds is 5. The van der Waals surface area contributed by atoms with Crippen molar-refractivity contribution in [3.8, 4) is 0 Å². The van der Waals surface area contributed by atoms with Crippen LogP contribution in [0.5, 0.6) is 0 Å². The third-order valence-corrected chi connectivity index (χ3v) is 7.73. The van der Waals surface area contributed by atoms with Crippen LogP contribution in [0.15, 0.2) is 0 Å². The van der Waals surface area contributed by atoms with E-state index in [1.165, 1.54) is 19.3 Å². The summed E-state index contributed by atoms with van der Waals surface area (Å²) in [5.41, 5.74) is -0.182. The minimum absolute atomic E-state index is 0.0571. The normalized spacial score (nSPS) is 39.2. The Hall–Kier alpha value is -0.580. The summed E-state index contributed by atoms with van der Waals surface area (Å²) in [4.78, 5) is 12.8. The van der Waals surface area contributed by atoms with Gasteiger partial charge in [-0.15, -0.1) is 0 Å². The third-order valence-electron chi connectivity index (χ3n) is 5.84. The molecule has 120 valence electrons. The number of carbonyl (C=O) groups excluding carboxylic acids is 1. The second kappa shape index (κ2) is 5.25. The van der Waals surface area contributed by atoms with Crippen molar-refractivity contribution in [1.82, 2.24) is 5.32 Å². The van der Waals surface area contributed by atoms with E-state index in [1.54, 1.807) is 6.92 Å². The molecule has 4 saturated carbocycles. The van der Waals surface area contributed by atoms with Crippen molar-refractivity contribution < 1.29 is 13.2 Å². The fourth-order valence-corrected chi connectivity index (χ4v) is 6.39. The number of hydrogen-bond acceptors (Lipinski definition) is 3. The molecule has 21 heavy (non-hydrogen) atoms. The van der Waals surface area contributed by atoms with Crippen molar-refractivity contribution in [2.45, 2.75) is 58.4 Å². The molecule has 1 amide bonds. The average molecular weight is 313 g/mol. The van der Waals surface area contributed by atoms with Crippen molar-refractivity contribution in [2.24, 2.45) is 23.2 Å². The highest BCUT2D eigenvalue weighted by Crippen LogP contribution is 2.60. The minimum Gasteiger partial charge on any atom is -0.352 e. The first-order valence-electron chi connectivity index (χ1n) is 8.33. The summed E-state index contributed by atoms with van der Waals surface area (Å²) in [5, 5.41) is 3.01. The largest absolute Gasteiger partial charge is 0.352 e. The van der Waals surface area contributed by atoms with Crippen LogP contribution in [-0.2, 0) is 14.6 Å². The number of hydrogen-bond donors (Lipinski definition) is 1. The highest BCUT2D eigenvalue weighted by Gasteiger charge is 2.54. The Morgan fingerprint density at radius 3 is 2.05 bits per heavy atom. The zero-order valence-electron chi connectivity index (χ0n) is 13.1. The first-order valence-corrected chi connectivity index (χ1v) is 10.2. The maximum absolute atomic E-state index is 12.8. The van der Waals surface area contributed by atoms with Gasteiger partial charge in [0, 0.05) is 17.2 Å². The van der Waals surface area contributed by atoms with Crippen molar-refractivity contribution in [2.75, 3.05) is 11.5 Å². The SMILES string of the molecule is CCS(=O)(=O)CC(C)NC(=O)C12CC3CC(CC(C3)C1)C2. The second-order valence-electron chi connectivity index (χ2n) is 7.77. The van der Waals surface area contributed by atoms with Crippen LogP contribution in [0.4, 0.5) is 0 Å². The van der Waals surface area contributed by atoms with E-state index in [9.17, 15) is 13.2 Å². The second-order valence-corrected chi connectivity index (χ2v) is 10.2. The van der Waals surface area contributed by atoms with Crippen LogP contribution in [0.1, 0.15) is 52.4 Å². The quantitative estimate of drug-likeness (QED) is 0.846.